The number of carbonyl (C=O) groups is 3. The summed E-state index contributed by atoms with van der Waals surface area (Å²) < 4.78 is 10.3. The summed E-state index contributed by atoms with van der Waals surface area (Å²) in [5, 5.41) is 41.2. The molecule has 1 aliphatic carbocycles. The Morgan fingerprint density at radius 2 is 1.04 bits per heavy atom. The summed E-state index contributed by atoms with van der Waals surface area (Å²) in [5.41, 5.74) is 0. The number of esters is 2. The molecule has 0 amide bonds. The first kappa shape index (κ1) is 53.2. The second-order valence-electron chi connectivity index (χ2n) is 17.4. The van der Waals surface area contributed by atoms with E-state index in [1.165, 1.54) is 109 Å². The smallest absolute Gasteiger partial charge is 0.305 e. The van der Waals surface area contributed by atoms with Crippen LogP contribution >= 0.6 is 0 Å². The average molecular weight is 809 g/mol. The highest BCUT2D eigenvalue weighted by Gasteiger charge is 2.41. The molecule has 57 heavy (non-hydrogen) atoms. The SMILES string of the molecule is CCCCC[C@H](O)/C=C/[C@@H]1[C@@H](CC(=O)CCCCC(=O)OC[C@H](O)COC(=O)CCCCCCCCCCCCCCCCCCCCC(C)CC)[C@@H](O)C[C@H]1O. The van der Waals surface area contributed by atoms with Gasteiger partial charge in [0.15, 0.2) is 0 Å². The standard InChI is InChI=1S/C48H88O9/c1-4-6-23-29-40(49)33-34-43-44(46(53)36-45(43)52)35-41(50)30-26-27-32-48(55)57-38-42(51)37-56-47(54)31-25-22-20-18-16-14-12-10-8-7-9-11-13-15-17-19-21-24-28-39(3)5-2/h33-34,39-40,42-46,49,51-53H,4-32,35-38H2,1-3H3/b34-33+/t39?,40-,42+,43+,44+,45+,46-/m0/s1. The molecule has 9 nitrogen and oxygen atoms in total. The molecular weight excluding hydrogens is 721 g/mol. The van der Waals surface area contributed by atoms with E-state index in [4.69, 9.17) is 9.47 Å². The minimum atomic E-state index is -1.09. The van der Waals surface area contributed by atoms with Crippen LogP contribution in [0.3, 0.4) is 0 Å². The predicted molar refractivity (Wildman–Crippen MR) is 231 cm³/mol. The normalized spacial score (nSPS) is 19.8. The molecule has 0 saturated heterocycles. The highest BCUT2D eigenvalue weighted by Crippen LogP contribution is 2.36. The van der Waals surface area contributed by atoms with Crippen LogP contribution in [0.1, 0.15) is 220 Å². The van der Waals surface area contributed by atoms with Gasteiger partial charge >= 0.3 is 11.9 Å². The zero-order chi connectivity index (χ0) is 41.9. The Bertz CT molecular complexity index is 1020. The van der Waals surface area contributed by atoms with Crippen LogP contribution in [0.2, 0.25) is 0 Å². The topological polar surface area (TPSA) is 151 Å². The highest BCUT2D eigenvalue weighted by atomic mass is 16.6. The van der Waals surface area contributed by atoms with E-state index < -0.39 is 36.3 Å². The van der Waals surface area contributed by atoms with E-state index in [0.717, 1.165) is 44.4 Å². The number of hydrogen-bond donors (Lipinski definition) is 4. The molecule has 4 N–H and O–H groups in total. The number of ether oxygens (including phenoxy) is 2. The Balaban J connectivity index is 1.96. The monoisotopic (exact) mass is 809 g/mol. The molecule has 1 aliphatic rings. The molecule has 0 heterocycles. The average Bonchev–Trinajstić information content (AvgIpc) is 3.46. The lowest BCUT2D eigenvalue weighted by molar-refractivity contribution is -0.152. The summed E-state index contributed by atoms with van der Waals surface area (Å²) in [7, 11) is 0. The molecule has 0 bridgehead atoms. The van der Waals surface area contributed by atoms with Crippen LogP contribution in [0.5, 0.6) is 0 Å². The third-order valence-electron chi connectivity index (χ3n) is 12.0. The molecule has 0 radical (unpaired) electrons. The number of unbranched alkanes of at least 4 members (excludes halogenated alkanes) is 20. The quantitative estimate of drug-likeness (QED) is 0.0270. The van der Waals surface area contributed by atoms with E-state index in [0.29, 0.717) is 25.7 Å². The molecule has 1 rings (SSSR count). The van der Waals surface area contributed by atoms with Gasteiger partial charge in [-0.3, -0.25) is 14.4 Å². The Hall–Kier alpha value is -1.81. The Morgan fingerprint density at radius 1 is 0.596 bits per heavy atom. The molecule has 0 aromatic rings. The third kappa shape index (κ3) is 30.0. The van der Waals surface area contributed by atoms with Crippen LogP contribution in [0.4, 0.5) is 0 Å². The molecule has 7 atom stereocenters. The number of hydrogen-bond acceptors (Lipinski definition) is 9. The molecule has 0 aliphatic heterocycles. The predicted octanol–water partition coefficient (Wildman–Crippen LogP) is 10.7. The maximum absolute atomic E-state index is 12.7. The summed E-state index contributed by atoms with van der Waals surface area (Å²) in [5.74, 6) is -0.763. The molecule has 9 heteroatoms. The number of ketones is 1. The number of aliphatic hydroxyl groups is 4. The van der Waals surface area contributed by atoms with Gasteiger partial charge in [0.2, 0.25) is 0 Å². The van der Waals surface area contributed by atoms with Crippen LogP contribution in [0, 0.1) is 17.8 Å². The maximum atomic E-state index is 12.7. The van der Waals surface area contributed by atoms with Crippen molar-refractivity contribution in [1.82, 2.24) is 0 Å². The fourth-order valence-electron chi connectivity index (χ4n) is 7.94. The number of Topliss-reactive ketones (excluding diaryl/α,β-unsaturated/α-hetero) is 1. The van der Waals surface area contributed by atoms with Gasteiger partial charge in [0.25, 0.3) is 0 Å². The Morgan fingerprint density at radius 3 is 1.53 bits per heavy atom. The van der Waals surface area contributed by atoms with Crippen molar-refractivity contribution in [3.05, 3.63) is 12.2 Å². The molecule has 1 saturated carbocycles. The summed E-state index contributed by atoms with van der Waals surface area (Å²) in [6.45, 7) is 6.30. The first-order valence-corrected chi connectivity index (χ1v) is 23.8. The summed E-state index contributed by atoms with van der Waals surface area (Å²) in [6, 6.07) is 0. The van der Waals surface area contributed by atoms with Crippen molar-refractivity contribution in [1.29, 1.82) is 0 Å². The summed E-state index contributed by atoms with van der Waals surface area (Å²) >= 11 is 0. The van der Waals surface area contributed by atoms with Gasteiger partial charge in [-0.05, 0) is 31.6 Å². The van der Waals surface area contributed by atoms with Gasteiger partial charge in [-0.15, -0.1) is 0 Å². The maximum Gasteiger partial charge on any atom is 0.305 e. The number of rotatable bonds is 39. The minimum Gasteiger partial charge on any atom is -0.463 e. The minimum absolute atomic E-state index is 0.0407. The van der Waals surface area contributed by atoms with Gasteiger partial charge in [0, 0.05) is 43.9 Å². The van der Waals surface area contributed by atoms with E-state index in [1.54, 1.807) is 12.2 Å². The van der Waals surface area contributed by atoms with Gasteiger partial charge < -0.3 is 29.9 Å². The number of carbonyl (C=O) groups excluding carboxylic acids is 3. The lowest BCUT2D eigenvalue weighted by Gasteiger charge is -2.20. The molecule has 0 aromatic heterocycles. The first-order chi connectivity index (χ1) is 27.6. The van der Waals surface area contributed by atoms with Crippen LogP contribution in [-0.2, 0) is 23.9 Å². The van der Waals surface area contributed by atoms with Crippen molar-refractivity contribution in [2.75, 3.05) is 13.2 Å². The van der Waals surface area contributed by atoms with E-state index in [9.17, 15) is 34.8 Å². The van der Waals surface area contributed by atoms with Crippen molar-refractivity contribution in [2.24, 2.45) is 17.8 Å². The molecule has 1 fully saturated rings. The van der Waals surface area contributed by atoms with Crippen molar-refractivity contribution in [3.8, 4) is 0 Å². The van der Waals surface area contributed by atoms with Crippen LogP contribution < -0.4 is 0 Å². The van der Waals surface area contributed by atoms with E-state index in [1.807, 2.05) is 0 Å². The van der Waals surface area contributed by atoms with Crippen LogP contribution in [0.15, 0.2) is 12.2 Å². The fourth-order valence-corrected chi connectivity index (χ4v) is 7.94. The third-order valence-corrected chi connectivity index (χ3v) is 12.0. The number of aliphatic hydroxyl groups excluding tert-OH is 4. The summed E-state index contributed by atoms with van der Waals surface area (Å²) in [4.78, 5) is 36.9. The molecule has 334 valence electrons. The van der Waals surface area contributed by atoms with Crippen LogP contribution in [0.25, 0.3) is 0 Å². The van der Waals surface area contributed by atoms with Gasteiger partial charge in [-0.25, -0.2) is 0 Å². The highest BCUT2D eigenvalue weighted by molar-refractivity contribution is 5.79. The van der Waals surface area contributed by atoms with E-state index in [2.05, 4.69) is 20.8 Å². The van der Waals surface area contributed by atoms with Crippen molar-refractivity contribution < 1.29 is 44.3 Å². The second kappa shape index (κ2) is 36.1. The van der Waals surface area contributed by atoms with Gasteiger partial charge in [0.1, 0.15) is 25.1 Å². The Kier molecular flexibility index (Phi) is 33.7. The van der Waals surface area contributed by atoms with Gasteiger partial charge in [-0.2, -0.15) is 0 Å². The van der Waals surface area contributed by atoms with E-state index >= 15 is 0 Å². The largest absolute Gasteiger partial charge is 0.463 e. The van der Waals surface area contributed by atoms with Gasteiger partial charge in [0.05, 0.1) is 18.3 Å². The van der Waals surface area contributed by atoms with Crippen LogP contribution in [-0.4, -0.2) is 75.8 Å². The van der Waals surface area contributed by atoms with E-state index in [-0.39, 0.29) is 56.6 Å². The lowest BCUT2D eigenvalue weighted by Crippen LogP contribution is -2.25. The second-order valence-corrected chi connectivity index (χ2v) is 17.4. The summed E-state index contributed by atoms with van der Waals surface area (Å²) in [6.07, 6.45) is 31.9. The molecular formula is C48H88O9. The Labute approximate surface area is 348 Å². The lowest BCUT2D eigenvalue weighted by atomic mass is 9.87. The first-order valence-electron chi connectivity index (χ1n) is 23.8. The van der Waals surface area contributed by atoms with Crippen molar-refractivity contribution >= 4 is 17.7 Å². The molecule has 0 spiro atoms. The fraction of sp³-hybridized carbons (Fsp3) is 0.896. The van der Waals surface area contributed by atoms with Crippen molar-refractivity contribution in [3.63, 3.8) is 0 Å². The molecule has 1 unspecified atom stereocenters. The van der Waals surface area contributed by atoms with Gasteiger partial charge in [-0.1, -0.05) is 174 Å². The molecule has 0 aromatic carbocycles. The zero-order valence-corrected chi connectivity index (χ0v) is 36.9. The van der Waals surface area contributed by atoms with Crippen molar-refractivity contribution in [2.45, 2.75) is 244 Å². The zero-order valence-electron chi connectivity index (χ0n) is 36.9.